The predicted molar refractivity (Wildman–Crippen MR) is 80.5 cm³/mol. The van der Waals surface area contributed by atoms with Gasteiger partial charge in [0.05, 0.1) is 5.69 Å². The molecule has 112 valence electrons. The van der Waals surface area contributed by atoms with Crippen LogP contribution >= 0.6 is 0 Å². The molecule has 7 heteroatoms. The fraction of sp³-hybridized carbons (Fsp3) is 0.200. The number of nitrogens with zero attached hydrogens (tertiary/aromatic N) is 5. The van der Waals surface area contributed by atoms with Crippen LogP contribution in [0.1, 0.15) is 16.8 Å². The van der Waals surface area contributed by atoms with Crippen LogP contribution in [-0.2, 0) is 6.54 Å². The first-order chi connectivity index (χ1) is 10.8. The summed E-state index contributed by atoms with van der Waals surface area (Å²) >= 11 is 0. The smallest absolute Gasteiger partial charge is 0.251 e. The standard InChI is InChI=1S/C15H16N6O/c22-15(16-7-4-10-20-8-1-2-9-20)13-5-3-6-14(11-13)21-12-17-18-19-21/h1-3,5-6,8-9,11-12H,4,7,10H2,(H,16,22). The maximum absolute atomic E-state index is 12.1. The third-order valence-corrected chi connectivity index (χ3v) is 3.27. The number of nitrogens with one attached hydrogen (secondary N) is 1. The summed E-state index contributed by atoms with van der Waals surface area (Å²) in [6.07, 6.45) is 6.40. The van der Waals surface area contributed by atoms with Gasteiger partial charge in [-0.3, -0.25) is 4.79 Å². The van der Waals surface area contributed by atoms with E-state index in [0.717, 1.165) is 18.7 Å². The van der Waals surface area contributed by atoms with Gasteiger partial charge in [-0.05, 0) is 47.2 Å². The second-order valence-corrected chi connectivity index (χ2v) is 4.84. The van der Waals surface area contributed by atoms with Crippen molar-refractivity contribution in [3.8, 4) is 5.69 Å². The zero-order valence-corrected chi connectivity index (χ0v) is 12.0. The first-order valence-electron chi connectivity index (χ1n) is 7.05. The van der Waals surface area contributed by atoms with E-state index in [-0.39, 0.29) is 5.91 Å². The van der Waals surface area contributed by atoms with Gasteiger partial charge in [-0.2, -0.15) is 0 Å². The van der Waals surface area contributed by atoms with Crippen molar-refractivity contribution in [1.82, 2.24) is 30.1 Å². The van der Waals surface area contributed by atoms with Crippen LogP contribution in [0.3, 0.4) is 0 Å². The van der Waals surface area contributed by atoms with Crippen molar-refractivity contribution in [2.75, 3.05) is 6.54 Å². The number of aromatic nitrogens is 5. The SMILES string of the molecule is O=C(NCCCn1cccc1)c1cccc(-n2cnnn2)c1. The molecule has 3 aromatic rings. The van der Waals surface area contributed by atoms with E-state index in [1.54, 1.807) is 12.1 Å². The number of hydrogen-bond acceptors (Lipinski definition) is 4. The fourth-order valence-corrected chi connectivity index (χ4v) is 2.15. The van der Waals surface area contributed by atoms with Gasteiger partial charge in [0.2, 0.25) is 0 Å². The van der Waals surface area contributed by atoms with Crippen LogP contribution in [0.5, 0.6) is 0 Å². The lowest BCUT2D eigenvalue weighted by Gasteiger charge is -2.07. The van der Waals surface area contributed by atoms with Crippen LogP contribution in [0, 0.1) is 0 Å². The van der Waals surface area contributed by atoms with Gasteiger partial charge >= 0.3 is 0 Å². The van der Waals surface area contributed by atoms with Gasteiger partial charge in [0.25, 0.3) is 5.91 Å². The minimum Gasteiger partial charge on any atom is -0.354 e. The molecule has 0 spiro atoms. The van der Waals surface area contributed by atoms with E-state index in [1.165, 1.54) is 11.0 Å². The topological polar surface area (TPSA) is 77.6 Å². The lowest BCUT2D eigenvalue weighted by atomic mass is 10.2. The molecule has 0 aliphatic carbocycles. The summed E-state index contributed by atoms with van der Waals surface area (Å²) in [6, 6.07) is 11.2. The summed E-state index contributed by atoms with van der Waals surface area (Å²) in [5.74, 6) is -0.0950. The molecule has 1 amide bonds. The molecule has 22 heavy (non-hydrogen) atoms. The summed E-state index contributed by atoms with van der Waals surface area (Å²) in [5, 5.41) is 13.9. The van der Waals surface area contributed by atoms with Crippen molar-refractivity contribution >= 4 is 5.91 Å². The Kier molecular flexibility index (Phi) is 4.24. The van der Waals surface area contributed by atoms with E-state index in [2.05, 4.69) is 25.4 Å². The van der Waals surface area contributed by atoms with Gasteiger partial charge in [0.15, 0.2) is 0 Å². The molecule has 7 nitrogen and oxygen atoms in total. The Morgan fingerprint density at radius 2 is 2.05 bits per heavy atom. The van der Waals surface area contributed by atoms with Gasteiger partial charge in [-0.25, -0.2) is 4.68 Å². The first kappa shape index (κ1) is 14.0. The number of rotatable bonds is 6. The quantitative estimate of drug-likeness (QED) is 0.695. The monoisotopic (exact) mass is 296 g/mol. The number of tetrazole rings is 1. The molecule has 0 atom stereocenters. The van der Waals surface area contributed by atoms with Crippen molar-refractivity contribution in [1.29, 1.82) is 0 Å². The van der Waals surface area contributed by atoms with Gasteiger partial charge in [0, 0.05) is 31.0 Å². The maximum atomic E-state index is 12.1. The van der Waals surface area contributed by atoms with E-state index >= 15 is 0 Å². The van der Waals surface area contributed by atoms with Crippen LogP contribution in [0.25, 0.3) is 5.69 Å². The second kappa shape index (κ2) is 6.66. The molecule has 0 saturated heterocycles. The number of aryl methyl sites for hydroxylation is 1. The maximum Gasteiger partial charge on any atom is 0.251 e. The lowest BCUT2D eigenvalue weighted by molar-refractivity contribution is 0.0952. The first-order valence-corrected chi connectivity index (χ1v) is 7.05. The molecule has 0 saturated carbocycles. The largest absolute Gasteiger partial charge is 0.354 e. The molecule has 1 aromatic carbocycles. The highest BCUT2D eigenvalue weighted by Gasteiger charge is 2.07. The van der Waals surface area contributed by atoms with E-state index in [9.17, 15) is 4.79 Å². The fourth-order valence-electron chi connectivity index (χ4n) is 2.15. The van der Waals surface area contributed by atoms with Crippen LogP contribution in [0.2, 0.25) is 0 Å². The molecule has 2 aromatic heterocycles. The minimum atomic E-state index is -0.0950. The average molecular weight is 296 g/mol. The highest BCUT2D eigenvalue weighted by atomic mass is 16.1. The molecule has 0 fully saturated rings. The van der Waals surface area contributed by atoms with Crippen molar-refractivity contribution < 1.29 is 4.79 Å². The number of amides is 1. The molecule has 0 bridgehead atoms. The highest BCUT2D eigenvalue weighted by molar-refractivity contribution is 5.94. The van der Waals surface area contributed by atoms with E-state index in [0.29, 0.717) is 12.1 Å². The Morgan fingerprint density at radius 3 is 2.82 bits per heavy atom. The number of hydrogen-bond donors (Lipinski definition) is 1. The normalized spacial score (nSPS) is 10.5. The number of carbonyl (C=O) groups excluding carboxylic acids is 1. The summed E-state index contributed by atoms with van der Waals surface area (Å²) in [6.45, 7) is 1.52. The van der Waals surface area contributed by atoms with Crippen molar-refractivity contribution in [3.63, 3.8) is 0 Å². The molecule has 2 heterocycles. The van der Waals surface area contributed by atoms with E-state index < -0.39 is 0 Å². The van der Waals surface area contributed by atoms with Crippen LogP contribution < -0.4 is 5.32 Å². The highest BCUT2D eigenvalue weighted by Crippen LogP contribution is 2.08. The third-order valence-electron chi connectivity index (χ3n) is 3.27. The summed E-state index contributed by atoms with van der Waals surface area (Å²) in [5.41, 5.74) is 1.35. The van der Waals surface area contributed by atoms with E-state index in [4.69, 9.17) is 0 Å². The zero-order chi connectivity index (χ0) is 15.2. The van der Waals surface area contributed by atoms with E-state index in [1.807, 2.05) is 36.7 Å². The van der Waals surface area contributed by atoms with Crippen LogP contribution in [0.4, 0.5) is 0 Å². The Hall–Kier alpha value is -2.96. The summed E-state index contributed by atoms with van der Waals surface area (Å²) in [4.78, 5) is 12.1. The molecule has 0 unspecified atom stereocenters. The van der Waals surface area contributed by atoms with Crippen molar-refractivity contribution in [2.24, 2.45) is 0 Å². The van der Waals surface area contributed by atoms with Crippen molar-refractivity contribution in [2.45, 2.75) is 13.0 Å². The molecule has 0 radical (unpaired) electrons. The number of benzene rings is 1. The van der Waals surface area contributed by atoms with Gasteiger partial charge in [0.1, 0.15) is 6.33 Å². The Labute approximate surface area is 127 Å². The van der Waals surface area contributed by atoms with Crippen molar-refractivity contribution in [3.05, 3.63) is 60.7 Å². The lowest BCUT2D eigenvalue weighted by Crippen LogP contribution is -2.25. The molecular weight excluding hydrogens is 280 g/mol. The summed E-state index contributed by atoms with van der Waals surface area (Å²) in [7, 11) is 0. The summed E-state index contributed by atoms with van der Waals surface area (Å²) < 4.78 is 3.60. The minimum absolute atomic E-state index is 0.0950. The Morgan fingerprint density at radius 1 is 1.18 bits per heavy atom. The van der Waals surface area contributed by atoms with Gasteiger partial charge in [-0.1, -0.05) is 6.07 Å². The van der Waals surface area contributed by atoms with Gasteiger partial charge < -0.3 is 9.88 Å². The molecule has 0 aliphatic heterocycles. The molecular formula is C15H16N6O. The molecule has 3 rings (SSSR count). The third kappa shape index (κ3) is 3.38. The van der Waals surface area contributed by atoms with Gasteiger partial charge in [-0.15, -0.1) is 5.10 Å². The predicted octanol–water partition coefficient (Wildman–Crippen LogP) is 1.28. The van der Waals surface area contributed by atoms with Crippen LogP contribution in [-0.4, -0.2) is 37.2 Å². The average Bonchev–Trinajstić information content (AvgIpc) is 3.24. The Bertz CT molecular complexity index is 720. The zero-order valence-electron chi connectivity index (χ0n) is 12.0. The Balaban J connectivity index is 1.55. The number of carbonyl (C=O) groups is 1. The molecule has 1 N–H and O–H groups in total. The second-order valence-electron chi connectivity index (χ2n) is 4.84. The van der Waals surface area contributed by atoms with Crippen LogP contribution in [0.15, 0.2) is 55.1 Å². The molecule has 0 aliphatic rings.